The minimum absolute atomic E-state index is 0.213. The normalized spacial score (nSPS) is 24.6. The summed E-state index contributed by atoms with van der Waals surface area (Å²) in [5.41, 5.74) is 0. The summed E-state index contributed by atoms with van der Waals surface area (Å²) >= 11 is 0. The highest BCUT2D eigenvalue weighted by Crippen LogP contribution is 2.30. The van der Waals surface area contributed by atoms with E-state index < -0.39 is 86.8 Å². The van der Waals surface area contributed by atoms with Crippen LogP contribution in [0.25, 0.3) is 0 Å². The highest BCUT2D eigenvalue weighted by atomic mass is 16.7. The maximum atomic E-state index is 13.2. The van der Waals surface area contributed by atoms with E-state index in [2.05, 4.69) is 116 Å². The smallest absolute Gasteiger partial charge is 0.220 e. The van der Waals surface area contributed by atoms with E-state index in [4.69, 9.17) is 18.9 Å². The largest absolute Gasteiger partial charge is 0.394 e. The van der Waals surface area contributed by atoms with Crippen LogP contribution in [-0.2, 0) is 23.7 Å². The second-order valence-corrected chi connectivity index (χ2v) is 22.5. The Hall–Kier alpha value is -3.09. The first-order valence-electron chi connectivity index (χ1n) is 32.5. The maximum Gasteiger partial charge on any atom is 0.220 e. The van der Waals surface area contributed by atoms with Crippen LogP contribution in [0.3, 0.4) is 0 Å². The Morgan fingerprint density at radius 3 is 1.29 bits per heavy atom. The molecule has 9 N–H and O–H groups in total. The molecule has 0 bridgehead atoms. The van der Waals surface area contributed by atoms with Crippen molar-refractivity contribution < 1.29 is 64.6 Å². The Bertz CT molecular complexity index is 1740. The van der Waals surface area contributed by atoms with Gasteiger partial charge in [0, 0.05) is 6.42 Å². The third-order valence-corrected chi connectivity index (χ3v) is 15.3. The molecule has 0 aliphatic carbocycles. The van der Waals surface area contributed by atoms with Crippen LogP contribution < -0.4 is 5.32 Å². The third-order valence-electron chi connectivity index (χ3n) is 15.3. The molecular formula is C68H117NO13. The van der Waals surface area contributed by atoms with Crippen LogP contribution in [-0.4, -0.2) is 140 Å². The molecule has 12 atom stereocenters. The maximum absolute atomic E-state index is 13.2. The van der Waals surface area contributed by atoms with Gasteiger partial charge in [-0.2, -0.15) is 0 Å². The molecule has 1 amide bonds. The minimum atomic E-state index is -1.78. The first kappa shape index (κ1) is 75.0. The molecule has 14 heteroatoms. The fourth-order valence-corrected chi connectivity index (χ4v) is 10.1. The molecule has 0 saturated carbocycles. The van der Waals surface area contributed by atoms with Crippen molar-refractivity contribution in [3.05, 3.63) is 97.2 Å². The van der Waals surface area contributed by atoms with Crippen LogP contribution in [0.5, 0.6) is 0 Å². The number of hydrogen-bond donors (Lipinski definition) is 9. The lowest BCUT2D eigenvalue weighted by molar-refractivity contribution is -0.359. The summed E-state index contributed by atoms with van der Waals surface area (Å²) in [6, 6.07) is -0.831. The van der Waals surface area contributed by atoms with Crippen LogP contribution in [0.15, 0.2) is 97.2 Å². The molecule has 0 aromatic heterocycles. The number of aliphatic hydroxyl groups is 8. The molecule has 14 nitrogen and oxygen atoms in total. The summed E-state index contributed by atoms with van der Waals surface area (Å²) in [4.78, 5) is 13.2. The molecule has 2 rings (SSSR count). The zero-order valence-corrected chi connectivity index (χ0v) is 50.9. The second kappa shape index (κ2) is 52.3. The SMILES string of the molecule is CC/C=C\C/C=C\C/C=C\C/C=C\C/C=C\C/C=C\C/C=C\C/C=C\CCCCCCCCCCCCCCCCC(=O)NC(COC1OC(CO)C(OC2OC(CO)C(O)C(O)C2O)C(O)C1O)C(O)CCCCCCCCCCC. The fraction of sp³-hybridized carbons (Fsp3) is 0.750. The number of amides is 1. The van der Waals surface area contributed by atoms with Crippen molar-refractivity contribution >= 4 is 5.91 Å². The van der Waals surface area contributed by atoms with Gasteiger partial charge in [0.15, 0.2) is 12.6 Å². The van der Waals surface area contributed by atoms with Crippen LogP contribution in [0.2, 0.25) is 0 Å². The Kier molecular flexibility index (Phi) is 47.8. The van der Waals surface area contributed by atoms with E-state index in [0.717, 1.165) is 103 Å². The average Bonchev–Trinajstić information content (AvgIpc) is 3.38. The van der Waals surface area contributed by atoms with Gasteiger partial charge in [0.25, 0.3) is 0 Å². The number of hydrogen-bond acceptors (Lipinski definition) is 13. The second-order valence-electron chi connectivity index (χ2n) is 22.5. The molecule has 0 radical (unpaired) electrons. The van der Waals surface area contributed by atoms with E-state index in [1.165, 1.54) is 103 Å². The van der Waals surface area contributed by atoms with Crippen molar-refractivity contribution in [3.8, 4) is 0 Å². The number of carbonyl (C=O) groups excluding carboxylic acids is 1. The summed E-state index contributed by atoms with van der Waals surface area (Å²) in [5.74, 6) is -0.213. The van der Waals surface area contributed by atoms with Gasteiger partial charge in [-0.3, -0.25) is 4.79 Å². The number of nitrogens with one attached hydrogen (secondary N) is 1. The van der Waals surface area contributed by atoms with E-state index in [-0.39, 0.29) is 12.5 Å². The monoisotopic (exact) mass is 1160 g/mol. The molecular weight excluding hydrogens is 1040 g/mol. The highest BCUT2D eigenvalue weighted by Gasteiger charge is 2.51. The molecule has 0 spiro atoms. The molecule has 82 heavy (non-hydrogen) atoms. The van der Waals surface area contributed by atoms with Gasteiger partial charge in [-0.05, 0) is 77.0 Å². The van der Waals surface area contributed by atoms with Gasteiger partial charge in [-0.1, -0.05) is 246 Å². The number of unbranched alkanes of at least 4 members (excludes halogenated alkanes) is 22. The van der Waals surface area contributed by atoms with Gasteiger partial charge >= 0.3 is 0 Å². The lowest BCUT2D eigenvalue weighted by Crippen LogP contribution is -2.65. The van der Waals surface area contributed by atoms with Gasteiger partial charge in [0.2, 0.25) is 5.91 Å². The molecule has 2 heterocycles. The van der Waals surface area contributed by atoms with Crippen molar-refractivity contribution in [2.45, 2.75) is 306 Å². The highest BCUT2D eigenvalue weighted by molar-refractivity contribution is 5.76. The average molecular weight is 1160 g/mol. The van der Waals surface area contributed by atoms with E-state index in [1.807, 2.05) is 0 Å². The topological polar surface area (TPSA) is 228 Å². The number of rotatable bonds is 51. The van der Waals surface area contributed by atoms with Crippen molar-refractivity contribution in [2.24, 2.45) is 0 Å². The third kappa shape index (κ3) is 36.7. The van der Waals surface area contributed by atoms with Gasteiger partial charge in [0.05, 0.1) is 32.0 Å². The molecule has 2 aliphatic rings. The minimum Gasteiger partial charge on any atom is -0.394 e. The number of ether oxygens (including phenoxy) is 4. The van der Waals surface area contributed by atoms with Crippen LogP contribution in [0, 0.1) is 0 Å². The predicted molar refractivity (Wildman–Crippen MR) is 332 cm³/mol. The summed E-state index contributed by atoms with van der Waals surface area (Å²) in [5, 5.41) is 87.1. The Balaban J connectivity index is 1.56. The number of aliphatic hydroxyl groups excluding tert-OH is 8. The molecule has 12 unspecified atom stereocenters. The van der Waals surface area contributed by atoms with Gasteiger partial charge in [0.1, 0.15) is 48.8 Å². The molecule has 2 aliphatic heterocycles. The molecule has 0 aromatic carbocycles. The van der Waals surface area contributed by atoms with Gasteiger partial charge in [-0.15, -0.1) is 0 Å². The molecule has 0 aromatic rings. The molecule has 2 fully saturated rings. The van der Waals surface area contributed by atoms with Crippen molar-refractivity contribution in [2.75, 3.05) is 19.8 Å². The van der Waals surface area contributed by atoms with E-state index >= 15 is 0 Å². The Morgan fingerprint density at radius 2 is 0.841 bits per heavy atom. The zero-order valence-electron chi connectivity index (χ0n) is 50.9. The number of carbonyl (C=O) groups is 1. The number of allylic oxidation sites excluding steroid dienone is 16. The van der Waals surface area contributed by atoms with E-state index in [0.29, 0.717) is 12.8 Å². The van der Waals surface area contributed by atoms with Crippen molar-refractivity contribution in [1.82, 2.24) is 5.32 Å². The van der Waals surface area contributed by atoms with E-state index in [9.17, 15) is 45.6 Å². The van der Waals surface area contributed by atoms with Gasteiger partial charge < -0.3 is 65.1 Å². The summed E-state index contributed by atoms with van der Waals surface area (Å²) in [6.45, 7) is 2.71. The predicted octanol–water partition coefficient (Wildman–Crippen LogP) is 12.2. The molecule has 2 saturated heterocycles. The van der Waals surface area contributed by atoms with Crippen molar-refractivity contribution in [1.29, 1.82) is 0 Å². The Labute approximate surface area is 496 Å². The standard InChI is InChI=1S/C68H117NO13/c1-3-5-7-9-11-13-14-15-16-17-18-19-20-21-22-23-24-25-26-27-28-29-30-31-32-33-34-35-36-37-38-39-40-41-42-44-46-48-50-52-60(73)69-56(57(72)51-49-47-45-43-12-10-8-6-4-2)55-79-67-65(78)63(76)66(59(54-71)81-67)82-68-64(77)62(75)61(74)58(53-70)80-68/h5,7,11,13,15-16,18-19,21-22,24-25,27-28,30-31,56-59,61-68,70-72,74-78H,3-4,6,8-10,12,14,17,20,23,26,29,32-55H2,1-2H3,(H,69,73)/b7-5-,13-11-,16-15-,19-18-,22-21-,25-24-,28-27-,31-30-. The quantitative estimate of drug-likeness (QED) is 0.0204. The zero-order chi connectivity index (χ0) is 59.5. The van der Waals surface area contributed by atoms with E-state index in [1.54, 1.807) is 0 Å². The Morgan fingerprint density at radius 1 is 0.451 bits per heavy atom. The van der Waals surface area contributed by atoms with Gasteiger partial charge in [-0.25, -0.2) is 0 Å². The lowest BCUT2D eigenvalue weighted by atomic mass is 9.97. The summed E-state index contributed by atoms with van der Waals surface area (Å²) in [6.07, 6.45) is 55.9. The van der Waals surface area contributed by atoms with Crippen LogP contribution in [0.4, 0.5) is 0 Å². The summed E-state index contributed by atoms with van der Waals surface area (Å²) in [7, 11) is 0. The lowest BCUT2D eigenvalue weighted by Gasteiger charge is -2.46. The van der Waals surface area contributed by atoms with Crippen molar-refractivity contribution in [3.63, 3.8) is 0 Å². The first-order valence-corrected chi connectivity index (χ1v) is 32.5. The fourth-order valence-electron chi connectivity index (χ4n) is 10.1. The summed E-state index contributed by atoms with van der Waals surface area (Å²) < 4.78 is 22.8. The van der Waals surface area contributed by atoms with Crippen LogP contribution in [0.1, 0.15) is 232 Å². The first-order chi connectivity index (χ1) is 40.1. The molecule has 472 valence electrons. The van der Waals surface area contributed by atoms with Crippen LogP contribution >= 0.6 is 0 Å².